The lowest BCUT2D eigenvalue weighted by atomic mass is 9.55. The molecule has 3 aliphatic carbocycles. The van der Waals surface area contributed by atoms with E-state index in [1.165, 1.54) is 30.4 Å². The predicted molar refractivity (Wildman–Crippen MR) is 94.9 cm³/mol. The molecule has 0 heterocycles. The van der Waals surface area contributed by atoms with E-state index >= 15 is 0 Å². The van der Waals surface area contributed by atoms with Crippen molar-refractivity contribution in [2.75, 3.05) is 0 Å². The van der Waals surface area contributed by atoms with Gasteiger partial charge in [-0.3, -0.25) is 0 Å². The lowest BCUT2D eigenvalue weighted by molar-refractivity contribution is -0.0226. The van der Waals surface area contributed by atoms with E-state index in [0.29, 0.717) is 11.8 Å². The summed E-state index contributed by atoms with van der Waals surface area (Å²) in [5.74, 6) is 2.11. The molecule has 1 aromatic carbocycles. The summed E-state index contributed by atoms with van der Waals surface area (Å²) >= 11 is 0.904. The highest BCUT2D eigenvalue weighted by Crippen LogP contribution is 2.61. The highest BCUT2D eigenvalue weighted by atomic mass is 32.2. The molecule has 2 N–H and O–H groups in total. The van der Waals surface area contributed by atoms with E-state index in [9.17, 15) is 9.66 Å². The van der Waals surface area contributed by atoms with Crippen LogP contribution in [-0.2, 0) is 12.8 Å². The van der Waals surface area contributed by atoms with Crippen molar-refractivity contribution in [1.29, 1.82) is 0 Å². The van der Waals surface area contributed by atoms with Crippen LogP contribution in [-0.4, -0.2) is 15.8 Å². The summed E-state index contributed by atoms with van der Waals surface area (Å²) in [7, 11) is 0. The molecule has 23 heavy (non-hydrogen) atoms. The monoisotopic (exact) mass is 332 g/mol. The summed E-state index contributed by atoms with van der Waals surface area (Å²) in [5.41, 5.74) is 4.46. The maximum Gasteiger partial charge on any atom is 0.0596 e. The topological polar surface area (TPSA) is 40.5 Å². The molecule has 3 heteroatoms. The number of aliphatic hydroxyl groups excluding tert-OH is 1. The molecule has 2 fully saturated rings. The molecule has 0 saturated heterocycles. The molecule has 5 atom stereocenters. The van der Waals surface area contributed by atoms with Crippen LogP contribution in [0.25, 0.3) is 0 Å². The predicted octanol–water partition coefficient (Wildman–Crippen LogP) is 5.03. The second-order valence-electron chi connectivity index (χ2n) is 8.16. The van der Waals surface area contributed by atoms with Crippen LogP contribution in [0.2, 0.25) is 0 Å². The van der Waals surface area contributed by atoms with Crippen LogP contribution >= 0.6 is 12.0 Å². The number of fused-ring (bicyclic) bond motifs is 5. The lowest BCUT2D eigenvalue weighted by Crippen LogP contribution is -2.43. The van der Waals surface area contributed by atoms with Gasteiger partial charge in [0.25, 0.3) is 0 Å². The number of aliphatic hydroxyl groups is 1. The molecule has 0 aliphatic heterocycles. The van der Waals surface area contributed by atoms with Gasteiger partial charge < -0.3 is 9.66 Å². The summed E-state index contributed by atoms with van der Waals surface area (Å²) in [6, 6.07) is 4.63. The lowest BCUT2D eigenvalue weighted by Gasteiger charge is -2.50. The van der Waals surface area contributed by atoms with Gasteiger partial charge in [-0.25, -0.2) is 0 Å². The zero-order valence-electron chi connectivity index (χ0n) is 14.2. The molecular weight excluding hydrogens is 304 g/mol. The van der Waals surface area contributed by atoms with Crippen molar-refractivity contribution in [3.05, 3.63) is 28.8 Å². The molecular formula is C20H28O2S. The van der Waals surface area contributed by atoms with E-state index in [1.54, 1.807) is 5.56 Å². The fourth-order valence-electron chi connectivity index (χ4n) is 5.98. The molecule has 2 nitrogen and oxygen atoms in total. The van der Waals surface area contributed by atoms with Crippen molar-refractivity contribution in [2.45, 2.75) is 75.7 Å². The molecule has 0 bridgehead atoms. The molecule has 3 aliphatic rings. The average molecular weight is 333 g/mol. The Morgan fingerprint density at radius 2 is 2.04 bits per heavy atom. The molecule has 4 rings (SSSR count). The van der Waals surface area contributed by atoms with Crippen molar-refractivity contribution < 1.29 is 9.66 Å². The van der Waals surface area contributed by atoms with Crippen LogP contribution in [0.3, 0.4) is 0 Å². The maximum atomic E-state index is 10.5. The minimum atomic E-state index is -0.0887. The summed E-state index contributed by atoms with van der Waals surface area (Å²) in [6.45, 7) is 4.51. The zero-order chi connectivity index (χ0) is 16.2. The third kappa shape index (κ3) is 2.31. The highest BCUT2D eigenvalue weighted by molar-refractivity contribution is 7.93. The van der Waals surface area contributed by atoms with Gasteiger partial charge >= 0.3 is 0 Å². The van der Waals surface area contributed by atoms with E-state index in [4.69, 9.17) is 0 Å². The number of benzene rings is 1. The number of aryl methyl sites for hydroxylation is 2. The van der Waals surface area contributed by atoms with E-state index < -0.39 is 0 Å². The SMILES string of the molecule is CCc1cc2c(cc1SO)CCC1C2CCC2(C)C(O)CCC12. The highest BCUT2D eigenvalue weighted by Gasteiger charge is 2.54. The zero-order valence-corrected chi connectivity index (χ0v) is 15.0. The normalized spacial score (nSPS) is 38.8. The second-order valence-corrected chi connectivity index (χ2v) is 8.78. The molecule has 0 aromatic heterocycles. The first-order chi connectivity index (χ1) is 11.1. The molecule has 1 aromatic rings. The molecule has 0 spiro atoms. The standard InChI is InChI=1S/C20H28O2S/c1-3-12-10-16-13(11-18(12)23-22)4-5-15-14(16)8-9-20(2)17(15)6-7-19(20)21/h10-11,14-15,17,19,21-22H,3-9H2,1-2H3. The van der Waals surface area contributed by atoms with E-state index in [0.717, 1.165) is 48.5 Å². The van der Waals surface area contributed by atoms with Crippen LogP contribution in [0.4, 0.5) is 0 Å². The van der Waals surface area contributed by atoms with Crippen LogP contribution in [0.1, 0.15) is 68.6 Å². The Morgan fingerprint density at radius 3 is 2.78 bits per heavy atom. The molecule has 0 amide bonds. The van der Waals surface area contributed by atoms with Gasteiger partial charge in [0, 0.05) is 16.9 Å². The van der Waals surface area contributed by atoms with E-state index in [-0.39, 0.29) is 11.5 Å². The van der Waals surface area contributed by atoms with Crippen LogP contribution in [0.15, 0.2) is 17.0 Å². The quantitative estimate of drug-likeness (QED) is 0.746. The Bertz CT molecular complexity index is 614. The van der Waals surface area contributed by atoms with Crippen molar-refractivity contribution in [3.8, 4) is 0 Å². The van der Waals surface area contributed by atoms with Gasteiger partial charge in [-0.15, -0.1) is 0 Å². The summed E-state index contributed by atoms with van der Waals surface area (Å²) in [4.78, 5) is 1.04. The van der Waals surface area contributed by atoms with E-state index in [2.05, 4.69) is 26.0 Å². The average Bonchev–Trinajstić information content (AvgIpc) is 2.88. The third-order valence-corrected chi connectivity index (χ3v) is 7.91. The Labute approximate surface area is 143 Å². The minimum absolute atomic E-state index is 0.0887. The van der Waals surface area contributed by atoms with Gasteiger partial charge in [0.15, 0.2) is 0 Å². The second kappa shape index (κ2) is 5.79. The van der Waals surface area contributed by atoms with Gasteiger partial charge in [-0.05, 0) is 90.9 Å². The fourth-order valence-corrected chi connectivity index (χ4v) is 6.50. The summed E-state index contributed by atoms with van der Waals surface area (Å²) in [6.07, 6.45) is 7.87. The third-order valence-electron chi connectivity index (χ3n) is 7.34. The Kier molecular flexibility index (Phi) is 4.02. The van der Waals surface area contributed by atoms with Crippen molar-refractivity contribution in [2.24, 2.45) is 17.3 Å². The number of hydrogen-bond donors (Lipinski definition) is 2. The molecule has 126 valence electrons. The van der Waals surface area contributed by atoms with Crippen LogP contribution in [0.5, 0.6) is 0 Å². The fraction of sp³-hybridized carbons (Fsp3) is 0.700. The van der Waals surface area contributed by atoms with Crippen molar-refractivity contribution in [1.82, 2.24) is 0 Å². The van der Waals surface area contributed by atoms with Gasteiger partial charge in [0.1, 0.15) is 0 Å². The maximum absolute atomic E-state index is 10.5. The molecule has 5 unspecified atom stereocenters. The summed E-state index contributed by atoms with van der Waals surface area (Å²) < 4.78 is 9.56. The minimum Gasteiger partial charge on any atom is -0.393 e. The molecule has 0 radical (unpaired) electrons. The van der Waals surface area contributed by atoms with Crippen LogP contribution < -0.4 is 0 Å². The molecule has 2 saturated carbocycles. The van der Waals surface area contributed by atoms with Gasteiger partial charge in [0.05, 0.1) is 6.10 Å². The van der Waals surface area contributed by atoms with Crippen LogP contribution in [0, 0.1) is 17.3 Å². The van der Waals surface area contributed by atoms with Gasteiger partial charge in [-0.2, -0.15) is 0 Å². The first-order valence-electron chi connectivity index (χ1n) is 9.23. The largest absolute Gasteiger partial charge is 0.393 e. The Balaban J connectivity index is 1.72. The number of hydrogen-bond acceptors (Lipinski definition) is 3. The number of rotatable bonds is 2. The Morgan fingerprint density at radius 1 is 1.22 bits per heavy atom. The first kappa shape index (κ1) is 16.0. The van der Waals surface area contributed by atoms with Gasteiger partial charge in [0.2, 0.25) is 0 Å². The smallest absolute Gasteiger partial charge is 0.0596 e. The summed E-state index contributed by atoms with van der Waals surface area (Å²) in [5, 5.41) is 10.5. The van der Waals surface area contributed by atoms with Gasteiger partial charge in [-0.1, -0.05) is 19.9 Å². The van der Waals surface area contributed by atoms with Crippen molar-refractivity contribution in [3.63, 3.8) is 0 Å². The van der Waals surface area contributed by atoms with E-state index in [1.807, 2.05) is 0 Å². The first-order valence-corrected chi connectivity index (χ1v) is 10.0. The Hall–Kier alpha value is -0.510. The van der Waals surface area contributed by atoms with Crippen molar-refractivity contribution >= 4 is 12.0 Å².